The normalized spacial score (nSPS) is 31.7. The lowest BCUT2D eigenvalue weighted by atomic mass is 9.79. The third-order valence-electron chi connectivity index (χ3n) is 4.96. The van der Waals surface area contributed by atoms with Crippen LogP contribution in [0.4, 0.5) is 0 Å². The van der Waals surface area contributed by atoms with Crippen molar-refractivity contribution in [2.45, 2.75) is 71.6 Å². The monoisotopic (exact) mass is 265 g/mol. The molecule has 0 radical (unpaired) electrons. The molecule has 1 fully saturated rings. The van der Waals surface area contributed by atoms with E-state index in [4.69, 9.17) is 9.73 Å². The van der Waals surface area contributed by atoms with Gasteiger partial charge < -0.3 is 4.74 Å². The Kier molecular flexibility index (Phi) is 6.19. The fourth-order valence-corrected chi connectivity index (χ4v) is 3.40. The zero-order valence-electron chi connectivity index (χ0n) is 12.9. The van der Waals surface area contributed by atoms with Crippen LogP contribution in [0.15, 0.2) is 4.99 Å². The van der Waals surface area contributed by atoms with E-state index in [-0.39, 0.29) is 0 Å². The molecule has 0 aromatic carbocycles. The summed E-state index contributed by atoms with van der Waals surface area (Å²) < 4.78 is 5.90. The maximum Gasteiger partial charge on any atom is 0.186 e. The predicted octanol–water partition coefficient (Wildman–Crippen LogP) is 4.83. The van der Waals surface area contributed by atoms with Gasteiger partial charge in [-0.15, -0.1) is 0 Å². The molecule has 2 rings (SSSR count). The second-order valence-electron chi connectivity index (χ2n) is 6.48. The second kappa shape index (κ2) is 7.91. The first kappa shape index (κ1) is 14.9. The maximum absolute atomic E-state index is 5.90. The molecule has 0 saturated heterocycles. The van der Waals surface area contributed by atoms with E-state index in [9.17, 15) is 0 Å². The van der Waals surface area contributed by atoms with Crippen LogP contribution in [-0.2, 0) is 4.74 Å². The molecule has 0 spiro atoms. The summed E-state index contributed by atoms with van der Waals surface area (Å²) in [7, 11) is 0. The molecule has 0 bridgehead atoms. The largest absolute Gasteiger partial charge is 0.480 e. The lowest BCUT2D eigenvalue weighted by molar-refractivity contribution is 0.183. The number of unbranched alkanes of at least 4 members (excludes halogenated alkanes) is 2. The highest BCUT2D eigenvalue weighted by molar-refractivity contribution is 5.79. The Hall–Kier alpha value is -0.530. The number of aliphatic imine (C=N–C) groups is 1. The Morgan fingerprint density at radius 1 is 1.05 bits per heavy atom. The third kappa shape index (κ3) is 4.50. The number of nitrogens with zero attached hydrogens (tertiary/aromatic N) is 1. The fourth-order valence-electron chi connectivity index (χ4n) is 3.40. The Bertz CT molecular complexity index is 279. The molecular weight excluding hydrogens is 234 g/mol. The molecule has 110 valence electrons. The van der Waals surface area contributed by atoms with Crippen molar-refractivity contribution in [3.63, 3.8) is 0 Å². The summed E-state index contributed by atoms with van der Waals surface area (Å²) in [5, 5.41) is 0. The third-order valence-corrected chi connectivity index (χ3v) is 4.96. The van der Waals surface area contributed by atoms with Gasteiger partial charge in [0.05, 0.1) is 6.61 Å². The van der Waals surface area contributed by atoms with E-state index in [1.54, 1.807) is 0 Å². The van der Waals surface area contributed by atoms with Gasteiger partial charge in [0.15, 0.2) is 5.90 Å². The maximum atomic E-state index is 5.90. The topological polar surface area (TPSA) is 21.6 Å². The average Bonchev–Trinajstić information content (AvgIpc) is 2.48. The van der Waals surface area contributed by atoms with Crippen molar-refractivity contribution in [2.24, 2.45) is 22.7 Å². The minimum Gasteiger partial charge on any atom is -0.480 e. The molecule has 0 aromatic rings. The molecule has 0 amide bonds. The molecule has 1 aliphatic heterocycles. The van der Waals surface area contributed by atoms with E-state index in [1.807, 2.05) is 0 Å². The van der Waals surface area contributed by atoms with Crippen LogP contribution in [0.5, 0.6) is 0 Å². The van der Waals surface area contributed by atoms with E-state index in [0.29, 0.717) is 11.8 Å². The number of hydrogen-bond donors (Lipinski definition) is 0. The van der Waals surface area contributed by atoms with Gasteiger partial charge >= 0.3 is 0 Å². The first-order chi connectivity index (χ1) is 9.33. The Balaban J connectivity index is 1.70. The SMILES string of the molecule is CCCCCC1CCC(C2=NCC(CC)CO2)CC1. The van der Waals surface area contributed by atoms with Crippen LogP contribution >= 0.6 is 0 Å². The Morgan fingerprint density at radius 2 is 1.84 bits per heavy atom. The molecule has 1 aliphatic carbocycles. The summed E-state index contributed by atoms with van der Waals surface area (Å²) in [6.07, 6.45) is 12.3. The van der Waals surface area contributed by atoms with Crippen molar-refractivity contribution >= 4 is 5.90 Å². The van der Waals surface area contributed by atoms with E-state index < -0.39 is 0 Å². The van der Waals surface area contributed by atoms with Crippen molar-refractivity contribution < 1.29 is 4.74 Å². The number of hydrogen-bond acceptors (Lipinski definition) is 2. The van der Waals surface area contributed by atoms with Crippen molar-refractivity contribution in [1.82, 2.24) is 0 Å². The van der Waals surface area contributed by atoms with Gasteiger partial charge in [0.1, 0.15) is 0 Å². The van der Waals surface area contributed by atoms with Crippen LogP contribution < -0.4 is 0 Å². The van der Waals surface area contributed by atoms with Gasteiger partial charge in [-0.25, -0.2) is 0 Å². The van der Waals surface area contributed by atoms with Gasteiger partial charge in [0.25, 0.3) is 0 Å². The van der Waals surface area contributed by atoms with Gasteiger partial charge in [0, 0.05) is 18.4 Å². The van der Waals surface area contributed by atoms with Gasteiger partial charge in [0.2, 0.25) is 0 Å². The van der Waals surface area contributed by atoms with Crippen LogP contribution in [0.25, 0.3) is 0 Å². The molecule has 2 heteroatoms. The number of ether oxygens (including phenoxy) is 1. The Morgan fingerprint density at radius 3 is 2.42 bits per heavy atom. The number of rotatable bonds is 6. The molecular formula is C17H31NO. The minimum atomic E-state index is 0.639. The van der Waals surface area contributed by atoms with E-state index >= 15 is 0 Å². The van der Waals surface area contributed by atoms with Crippen molar-refractivity contribution in [1.29, 1.82) is 0 Å². The predicted molar refractivity (Wildman–Crippen MR) is 81.6 cm³/mol. The van der Waals surface area contributed by atoms with E-state index in [1.165, 1.54) is 57.8 Å². The highest BCUT2D eigenvalue weighted by Crippen LogP contribution is 2.33. The summed E-state index contributed by atoms with van der Waals surface area (Å²) in [5.41, 5.74) is 0. The standard InChI is InChI=1S/C17H31NO/c1-3-5-6-7-15-8-10-16(11-9-15)17-18-12-14(4-2)13-19-17/h14-16H,3-13H2,1-2H3. The first-order valence-electron chi connectivity index (χ1n) is 8.50. The summed E-state index contributed by atoms with van der Waals surface area (Å²) in [6.45, 7) is 6.43. The minimum absolute atomic E-state index is 0.639. The first-order valence-corrected chi connectivity index (χ1v) is 8.50. The van der Waals surface area contributed by atoms with E-state index in [0.717, 1.165) is 25.0 Å². The summed E-state index contributed by atoms with van der Waals surface area (Å²) in [6, 6.07) is 0. The van der Waals surface area contributed by atoms with Gasteiger partial charge in [-0.05, 0) is 38.0 Å². The Labute approximate surface area is 119 Å². The second-order valence-corrected chi connectivity index (χ2v) is 6.48. The zero-order chi connectivity index (χ0) is 13.5. The molecule has 0 N–H and O–H groups in total. The zero-order valence-corrected chi connectivity index (χ0v) is 12.9. The van der Waals surface area contributed by atoms with Crippen molar-refractivity contribution in [3.8, 4) is 0 Å². The molecule has 1 heterocycles. The summed E-state index contributed by atoms with van der Waals surface area (Å²) >= 11 is 0. The van der Waals surface area contributed by atoms with Crippen molar-refractivity contribution in [3.05, 3.63) is 0 Å². The van der Waals surface area contributed by atoms with Crippen LogP contribution in [-0.4, -0.2) is 19.0 Å². The smallest absolute Gasteiger partial charge is 0.186 e. The molecule has 1 unspecified atom stereocenters. The van der Waals surface area contributed by atoms with Crippen molar-refractivity contribution in [2.75, 3.05) is 13.2 Å². The van der Waals surface area contributed by atoms with Crippen LogP contribution in [0.1, 0.15) is 71.6 Å². The highest BCUT2D eigenvalue weighted by atomic mass is 16.5. The lowest BCUT2D eigenvalue weighted by Gasteiger charge is -2.31. The van der Waals surface area contributed by atoms with E-state index in [2.05, 4.69) is 13.8 Å². The molecule has 2 nitrogen and oxygen atoms in total. The molecule has 19 heavy (non-hydrogen) atoms. The van der Waals surface area contributed by atoms with Gasteiger partial charge in [-0.2, -0.15) is 0 Å². The molecule has 2 aliphatic rings. The lowest BCUT2D eigenvalue weighted by Crippen LogP contribution is -2.30. The fraction of sp³-hybridized carbons (Fsp3) is 0.941. The van der Waals surface area contributed by atoms with Crippen LogP contribution in [0.2, 0.25) is 0 Å². The molecule has 1 atom stereocenters. The van der Waals surface area contributed by atoms with Crippen LogP contribution in [0, 0.1) is 17.8 Å². The molecule has 1 saturated carbocycles. The van der Waals surface area contributed by atoms with Gasteiger partial charge in [-0.3, -0.25) is 4.99 Å². The quantitative estimate of drug-likeness (QED) is 0.630. The summed E-state index contributed by atoms with van der Waals surface area (Å²) in [5.74, 6) is 3.38. The van der Waals surface area contributed by atoms with Gasteiger partial charge in [-0.1, -0.05) is 39.5 Å². The highest BCUT2D eigenvalue weighted by Gasteiger charge is 2.27. The van der Waals surface area contributed by atoms with Crippen LogP contribution in [0.3, 0.4) is 0 Å². The average molecular weight is 265 g/mol. The molecule has 0 aromatic heterocycles. The summed E-state index contributed by atoms with van der Waals surface area (Å²) in [4.78, 5) is 4.70.